The van der Waals surface area contributed by atoms with Crippen LogP contribution < -0.4 is 0 Å². The Morgan fingerprint density at radius 1 is 1.13 bits per heavy atom. The first-order valence-corrected chi connectivity index (χ1v) is 7.49. The first kappa shape index (κ1) is 10.2. The minimum absolute atomic E-state index is 0.0174. The third-order valence-corrected chi connectivity index (χ3v) is 3.81. The van der Waals surface area contributed by atoms with Gasteiger partial charge in [0.25, 0.3) is 0 Å². The zero-order valence-corrected chi connectivity index (χ0v) is 12.7. The van der Waals surface area contributed by atoms with E-state index in [1.54, 1.807) is 12.3 Å². The smallest absolute Gasteiger partial charge is 0.227 e. The van der Waals surface area contributed by atoms with Crippen molar-refractivity contribution < 1.29 is 9.90 Å². The molecule has 0 amide bonds. The normalized spacial score (nSPS) is 17.3. The molecule has 0 aliphatic rings. The Labute approximate surface area is 140 Å². The molecule has 1 unspecified atom stereocenters. The van der Waals surface area contributed by atoms with Gasteiger partial charge in [-0.3, -0.25) is 4.98 Å². The van der Waals surface area contributed by atoms with Gasteiger partial charge in [-0.2, -0.15) is 0 Å². The number of benzene rings is 1. The van der Waals surface area contributed by atoms with E-state index in [1.165, 1.54) is 6.92 Å². The molecule has 114 valence electrons. The van der Waals surface area contributed by atoms with Gasteiger partial charge in [0, 0.05) is 33.7 Å². The monoisotopic (exact) mass is 306 g/mol. The molecule has 0 saturated carbocycles. The Hall–Kier alpha value is -2.68. The molecule has 3 heterocycles. The fourth-order valence-electron chi connectivity index (χ4n) is 2.81. The summed E-state index contributed by atoms with van der Waals surface area (Å²) in [4.78, 5) is 8.88. The summed E-state index contributed by atoms with van der Waals surface area (Å²) in [7, 11) is 0. The number of fused-ring (bicyclic) bond motifs is 3. The quantitative estimate of drug-likeness (QED) is 0.519. The molecule has 3 aromatic heterocycles. The highest BCUT2D eigenvalue weighted by atomic mass is 16.3. The van der Waals surface area contributed by atoms with E-state index in [2.05, 4.69) is 9.97 Å². The lowest BCUT2D eigenvalue weighted by Gasteiger charge is -2.02. The van der Waals surface area contributed by atoms with E-state index >= 15 is 0 Å². The first-order chi connectivity index (χ1) is 12.8. The van der Waals surface area contributed by atoms with Gasteiger partial charge in [-0.1, -0.05) is 32.0 Å². The maximum absolute atomic E-state index is 8.14. The van der Waals surface area contributed by atoms with E-state index in [0.29, 0.717) is 17.0 Å². The Morgan fingerprint density at radius 3 is 2.91 bits per heavy atom. The summed E-state index contributed by atoms with van der Waals surface area (Å²) in [5, 5.41) is 1.78. The van der Waals surface area contributed by atoms with E-state index in [9.17, 15) is 0 Å². The van der Waals surface area contributed by atoms with E-state index in [-0.39, 0.29) is 6.42 Å². The van der Waals surface area contributed by atoms with E-state index in [0.717, 1.165) is 22.0 Å². The second kappa shape index (κ2) is 5.51. The molecule has 1 aromatic carbocycles. The zero-order chi connectivity index (χ0) is 19.2. The first-order valence-electron chi connectivity index (χ1n) is 9.49. The van der Waals surface area contributed by atoms with Gasteiger partial charge in [-0.25, -0.2) is 4.98 Å². The Morgan fingerprint density at radius 2 is 2.09 bits per heavy atom. The summed E-state index contributed by atoms with van der Waals surface area (Å²) < 4.78 is 36.8. The van der Waals surface area contributed by atoms with Crippen LogP contribution in [0.15, 0.2) is 59.1 Å². The molecule has 0 fully saturated rings. The molecule has 0 N–H and O–H groups in total. The summed E-state index contributed by atoms with van der Waals surface area (Å²) in [5.74, 6) is -1.61. The Balaban J connectivity index is 1.83. The average molecular weight is 306 g/mol. The average Bonchev–Trinajstić information content (AvgIpc) is 2.99. The van der Waals surface area contributed by atoms with Crippen LogP contribution in [0.2, 0.25) is 0 Å². The van der Waals surface area contributed by atoms with Crippen LogP contribution in [-0.4, -0.2) is 9.97 Å². The van der Waals surface area contributed by atoms with Gasteiger partial charge in [-0.15, -0.1) is 0 Å². The third-order valence-electron chi connectivity index (χ3n) is 3.81. The van der Waals surface area contributed by atoms with Crippen LogP contribution in [0.25, 0.3) is 33.3 Å². The van der Waals surface area contributed by atoms with Crippen molar-refractivity contribution in [2.75, 3.05) is 0 Å². The molecular weight excluding hydrogens is 284 g/mol. The van der Waals surface area contributed by atoms with Gasteiger partial charge in [-0.05, 0) is 42.6 Å². The molecule has 0 bridgehead atoms. The number of furan rings is 1. The standard InChI is InChI=1S/C20H18N2O/c1-13(2)12-14-9-10-16-15-6-5-7-17(18-8-3-4-11-21-18)19(15)23-20(16)22-14/h3-11,13H,12H2,1-2H3/i1D3,13D. The van der Waals surface area contributed by atoms with Crippen LogP contribution >= 0.6 is 0 Å². The van der Waals surface area contributed by atoms with Crippen LogP contribution in [0.4, 0.5) is 0 Å². The van der Waals surface area contributed by atoms with Crippen molar-refractivity contribution >= 4 is 22.1 Å². The Kier molecular flexibility index (Phi) is 2.43. The van der Waals surface area contributed by atoms with Crippen LogP contribution in [0.1, 0.15) is 25.0 Å². The molecule has 1 atom stereocenters. The van der Waals surface area contributed by atoms with Crippen LogP contribution in [-0.2, 0) is 6.42 Å². The number of hydrogen-bond acceptors (Lipinski definition) is 3. The second-order valence-electron chi connectivity index (χ2n) is 5.61. The van der Waals surface area contributed by atoms with Crippen molar-refractivity contribution in [3.63, 3.8) is 0 Å². The van der Waals surface area contributed by atoms with Gasteiger partial charge in [0.1, 0.15) is 5.58 Å². The molecule has 0 aliphatic heterocycles. The number of aromatic nitrogens is 2. The highest BCUT2D eigenvalue weighted by molar-refractivity contribution is 6.08. The lowest BCUT2D eigenvalue weighted by molar-refractivity contribution is 0.621. The molecule has 23 heavy (non-hydrogen) atoms. The highest BCUT2D eigenvalue weighted by Crippen LogP contribution is 2.34. The molecular formula is C20H18N2O. The van der Waals surface area contributed by atoms with Gasteiger partial charge >= 0.3 is 0 Å². The Bertz CT molecular complexity index is 1120. The van der Waals surface area contributed by atoms with Crippen LogP contribution in [0.5, 0.6) is 0 Å². The van der Waals surface area contributed by atoms with Crippen molar-refractivity contribution in [3.8, 4) is 11.3 Å². The minimum atomic E-state index is -2.39. The van der Waals surface area contributed by atoms with Gasteiger partial charge < -0.3 is 4.42 Å². The molecule has 0 saturated heterocycles. The maximum atomic E-state index is 8.14. The van der Waals surface area contributed by atoms with Crippen LogP contribution in [0.3, 0.4) is 0 Å². The number of hydrogen-bond donors (Lipinski definition) is 0. The van der Waals surface area contributed by atoms with E-state index < -0.39 is 12.7 Å². The SMILES string of the molecule is [2H]C([2H])([2H])C([2H])(C)Cc1ccc2c(n1)oc1c(-c3ccccn3)cccc12. The maximum Gasteiger partial charge on any atom is 0.227 e. The molecule has 0 aliphatic carbocycles. The van der Waals surface area contributed by atoms with E-state index in [1.807, 2.05) is 42.5 Å². The number of para-hydroxylation sites is 1. The fourth-order valence-corrected chi connectivity index (χ4v) is 2.81. The molecule has 0 radical (unpaired) electrons. The highest BCUT2D eigenvalue weighted by Gasteiger charge is 2.14. The van der Waals surface area contributed by atoms with Crippen molar-refractivity contribution in [3.05, 3.63) is 60.4 Å². The number of rotatable bonds is 3. The topological polar surface area (TPSA) is 38.9 Å². The van der Waals surface area contributed by atoms with Crippen molar-refractivity contribution in [1.29, 1.82) is 0 Å². The van der Waals surface area contributed by atoms with E-state index in [4.69, 9.17) is 9.90 Å². The predicted octanol–water partition coefficient (Wildman–Crippen LogP) is 5.24. The third kappa shape index (κ3) is 2.48. The van der Waals surface area contributed by atoms with Gasteiger partial charge in [0.15, 0.2) is 0 Å². The number of nitrogens with zero attached hydrogens (tertiary/aromatic N) is 2. The lowest BCUT2D eigenvalue weighted by Crippen LogP contribution is -1.96. The summed E-state index contributed by atoms with van der Waals surface area (Å²) in [6, 6.07) is 15.2. The minimum Gasteiger partial charge on any atom is -0.437 e. The zero-order valence-electron chi connectivity index (χ0n) is 16.7. The molecule has 3 heteroatoms. The van der Waals surface area contributed by atoms with Crippen molar-refractivity contribution in [2.45, 2.75) is 20.2 Å². The summed E-state index contributed by atoms with van der Waals surface area (Å²) >= 11 is 0. The largest absolute Gasteiger partial charge is 0.437 e. The summed E-state index contributed by atoms with van der Waals surface area (Å²) in [6.07, 6.45) is 1.75. The molecule has 4 rings (SSSR count). The summed E-state index contributed by atoms with van der Waals surface area (Å²) in [5.41, 5.74) is 3.34. The predicted molar refractivity (Wildman–Crippen MR) is 93.3 cm³/mol. The second-order valence-corrected chi connectivity index (χ2v) is 5.61. The number of pyridine rings is 2. The van der Waals surface area contributed by atoms with Crippen molar-refractivity contribution in [2.24, 2.45) is 5.89 Å². The van der Waals surface area contributed by atoms with Gasteiger partial charge in [0.05, 0.1) is 5.69 Å². The summed E-state index contributed by atoms with van der Waals surface area (Å²) in [6.45, 7) is -0.979. The molecule has 4 aromatic rings. The van der Waals surface area contributed by atoms with Crippen LogP contribution in [0, 0.1) is 5.89 Å². The fraction of sp³-hybridized carbons (Fsp3) is 0.200. The lowest BCUT2D eigenvalue weighted by atomic mass is 10.1. The van der Waals surface area contributed by atoms with Crippen molar-refractivity contribution in [1.82, 2.24) is 9.97 Å². The van der Waals surface area contributed by atoms with Gasteiger partial charge in [0.2, 0.25) is 5.71 Å². The molecule has 0 spiro atoms. The molecule has 3 nitrogen and oxygen atoms in total.